The number of hydrogen-bond donors (Lipinski definition) is 1. The molecule has 1 N–H and O–H groups in total. The number of aliphatic hydroxyl groups excluding tert-OH is 1. The number of aliphatic hydroxyl groups is 1. The van der Waals surface area contributed by atoms with Crippen LogP contribution in [0.1, 0.15) is 81.1 Å². The molecule has 2 rings (SSSR count). The normalized spacial score (nSPS) is 42.5. The van der Waals surface area contributed by atoms with Gasteiger partial charge in [-0.25, -0.2) is 0 Å². The fourth-order valence-corrected chi connectivity index (χ4v) is 7.10. The average Bonchev–Trinajstić information content (AvgIpc) is 2.48. The molecule has 2 aliphatic carbocycles. The molecular formula is C22H41NO2S. The number of nitroso groups, excluding NO2 is 1. The van der Waals surface area contributed by atoms with E-state index in [1.807, 2.05) is 0 Å². The van der Waals surface area contributed by atoms with Gasteiger partial charge in [0.05, 0.1) is 12.1 Å². The zero-order valence-electron chi connectivity index (χ0n) is 18.2. The minimum atomic E-state index is -0.170. The molecule has 2 aliphatic rings. The van der Waals surface area contributed by atoms with E-state index < -0.39 is 0 Å². The quantitative estimate of drug-likeness (QED) is 0.596. The van der Waals surface area contributed by atoms with Gasteiger partial charge in [-0.05, 0) is 60.2 Å². The lowest BCUT2D eigenvalue weighted by molar-refractivity contribution is -0.00302. The van der Waals surface area contributed by atoms with Crippen LogP contribution in [-0.2, 0) is 0 Å². The van der Waals surface area contributed by atoms with Gasteiger partial charge in [-0.1, -0.05) is 60.6 Å². The lowest BCUT2D eigenvalue weighted by atomic mass is 9.67. The third-order valence-corrected chi connectivity index (χ3v) is 9.12. The van der Waals surface area contributed by atoms with Gasteiger partial charge >= 0.3 is 0 Å². The first-order valence-corrected chi connectivity index (χ1v) is 11.4. The maximum atomic E-state index is 11.4. The van der Waals surface area contributed by atoms with Gasteiger partial charge < -0.3 is 5.11 Å². The van der Waals surface area contributed by atoms with E-state index in [4.69, 9.17) is 0 Å². The lowest BCUT2D eigenvalue weighted by Gasteiger charge is -2.47. The average molecular weight is 384 g/mol. The minimum absolute atomic E-state index is 0.0326. The summed E-state index contributed by atoms with van der Waals surface area (Å²) in [5, 5.41) is 15.3. The van der Waals surface area contributed by atoms with Crippen molar-refractivity contribution >= 4 is 11.8 Å². The largest absolute Gasteiger partial charge is 0.393 e. The number of nitrogens with zero attached hydrogens (tertiary/aromatic N) is 1. The Hall–Kier alpha value is -0.0900. The van der Waals surface area contributed by atoms with E-state index in [9.17, 15) is 10.0 Å². The molecule has 2 fully saturated rings. The van der Waals surface area contributed by atoms with Gasteiger partial charge in [0.1, 0.15) is 0 Å². The van der Waals surface area contributed by atoms with Crippen molar-refractivity contribution in [1.82, 2.24) is 0 Å². The molecule has 0 aromatic carbocycles. The van der Waals surface area contributed by atoms with Gasteiger partial charge in [-0.15, -0.1) is 0 Å². The molecule has 8 atom stereocenters. The molecular weight excluding hydrogens is 342 g/mol. The summed E-state index contributed by atoms with van der Waals surface area (Å²) in [4.78, 5) is 11.4. The molecule has 0 aliphatic heterocycles. The van der Waals surface area contributed by atoms with E-state index in [0.29, 0.717) is 34.2 Å². The summed E-state index contributed by atoms with van der Waals surface area (Å²) >= 11 is 2.16. The van der Waals surface area contributed by atoms with Crippen molar-refractivity contribution in [2.45, 2.75) is 104 Å². The highest BCUT2D eigenvalue weighted by atomic mass is 32.2. The number of hydrogen-bond acceptors (Lipinski definition) is 4. The summed E-state index contributed by atoms with van der Waals surface area (Å²) in [5.41, 5.74) is 0.275. The molecule has 0 aromatic heterocycles. The van der Waals surface area contributed by atoms with Crippen LogP contribution in [0.4, 0.5) is 0 Å². The summed E-state index contributed by atoms with van der Waals surface area (Å²) in [6.45, 7) is 18.2. The zero-order valence-corrected chi connectivity index (χ0v) is 19.0. The van der Waals surface area contributed by atoms with Gasteiger partial charge in [0.15, 0.2) is 0 Å². The number of rotatable bonds is 3. The maximum Gasteiger partial charge on any atom is 0.0956 e. The van der Waals surface area contributed by atoms with Crippen molar-refractivity contribution in [3.63, 3.8) is 0 Å². The monoisotopic (exact) mass is 383 g/mol. The second-order valence-corrected chi connectivity index (χ2v) is 12.8. The van der Waals surface area contributed by atoms with Crippen LogP contribution in [0, 0.1) is 39.4 Å². The van der Waals surface area contributed by atoms with Crippen molar-refractivity contribution in [3.05, 3.63) is 4.91 Å². The molecule has 4 heteroatoms. The highest BCUT2D eigenvalue weighted by Gasteiger charge is 2.45. The van der Waals surface area contributed by atoms with Crippen LogP contribution in [-0.4, -0.2) is 27.8 Å². The molecule has 26 heavy (non-hydrogen) atoms. The third kappa shape index (κ3) is 5.04. The van der Waals surface area contributed by atoms with E-state index in [1.54, 1.807) is 0 Å². The molecule has 0 aromatic rings. The Kier molecular flexibility index (Phi) is 6.92. The topological polar surface area (TPSA) is 49.7 Å². The molecule has 0 amide bonds. The first-order valence-electron chi connectivity index (χ1n) is 10.5. The second kappa shape index (κ2) is 8.11. The molecule has 0 bridgehead atoms. The summed E-state index contributed by atoms with van der Waals surface area (Å²) in [7, 11) is 0. The van der Waals surface area contributed by atoms with Gasteiger partial charge in [0, 0.05) is 10.5 Å². The first-order chi connectivity index (χ1) is 11.8. The van der Waals surface area contributed by atoms with E-state index in [1.165, 1.54) is 0 Å². The maximum absolute atomic E-state index is 11.4. The Balaban J connectivity index is 2.11. The molecule has 0 spiro atoms. The number of thioether (sulfide) groups is 1. The molecule has 6 unspecified atom stereocenters. The Bertz CT molecular complexity index is 482. The minimum Gasteiger partial charge on any atom is -0.393 e. The highest BCUT2D eigenvalue weighted by molar-refractivity contribution is 8.00. The van der Waals surface area contributed by atoms with Gasteiger partial charge in [-0.2, -0.15) is 16.7 Å². The van der Waals surface area contributed by atoms with Crippen LogP contribution in [0.15, 0.2) is 5.18 Å². The summed E-state index contributed by atoms with van der Waals surface area (Å²) in [5.74, 6) is 1.83. The Morgan fingerprint density at radius 3 is 1.73 bits per heavy atom. The first kappa shape index (κ1) is 22.2. The molecule has 0 radical (unpaired) electrons. The Morgan fingerprint density at radius 1 is 0.808 bits per heavy atom. The summed E-state index contributed by atoms with van der Waals surface area (Å²) in [6, 6.07) is -0.0326. The second-order valence-electron chi connectivity index (χ2n) is 11.3. The standard InChI is InChI=1S/C22H41NO2S/c1-13-9-17(23-25)15(21(3,4)5)11-19(13)26-20-12-16(22(6,7)8)18(24)10-14(20)2/h13-20,24H,9-12H2,1-8H3/t13-,14?,15-,16?,17?,18?,19?,20?/m1/s1. The molecule has 152 valence electrons. The van der Waals surface area contributed by atoms with Crippen LogP contribution in [0.2, 0.25) is 0 Å². The van der Waals surface area contributed by atoms with Crippen molar-refractivity contribution in [1.29, 1.82) is 0 Å². The molecule has 3 nitrogen and oxygen atoms in total. The SMILES string of the molecule is CC1CC(O)C(C(C)(C)C)CC1SC1C[C@@H](C(C)(C)C)C(N=O)C[C@H]1C. The van der Waals surface area contributed by atoms with Crippen molar-refractivity contribution in [2.75, 3.05) is 0 Å². The van der Waals surface area contributed by atoms with Crippen LogP contribution in [0.3, 0.4) is 0 Å². The zero-order chi connectivity index (χ0) is 19.9. The third-order valence-electron chi connectivity index (χ3n) is 7.11. The predicted octanol–water partition coefficient (Wildman–Crippen LogP) is 6.14. The molecule has 0 heterocycles. The van der Waals surface area contributed by atoms with E-state index >= 15 is 0 Å². The fraction of sp³-hybridized carbons (Fsp3) is 1.00. The van der Waals surface area contributed by atoms with Crippen molar-refractivity contribution in [2.24, 2.45) is 39.7 Å². The summed E-state index contributed by atoms with van der Waals surface area (Å²) in [6.07, 6.45) is 3.88. The predicted molar refractivity (Wildman–Crippen MR) is 113 cm³/mol. The highest BCUT2D eigenvalue weighted by Crippen LogP contribution is 2.50. The van der Waals surface area contributed by atoms with Crippen LogP contribution >= 0.6 is 11.8 Å². The Morgan fingerprint density at radius 2 is 1.27 bits per heavy atom. The van der Waals surface area contributed by atoms with Crippen LogP contribution in [0.5, 0.6) is 0 Å². The fourth-order valence-electron chi connectivity index (χ4n) is 5.26. The van der Waals surface area contributed by atoms with Crippen LogP contribution in [0.25, 0.3) is 0 Å². The van der Waals surface area contributed by atoms with Gasteiger partial charge in [-0.3, -0.25) is 0 Å². The molecule has 0 saturated heterocycles. The van der Waals surface area contributed by atoms with Crippen LogP contribution < -0.4 is 0 Å². The van der Waals surface area contributed by atoms with E-state index in [0.717, 1.165) is 25.7 Å². The van der Waals surface area contributed by atoms with E-state index in [2.05, 4.69) is 72.3 Å². The molecule has 2 saturated carbocycles. The van der Waals surface area contributed by atoms with Crippen molar-refractivity contribution < 1.29 is 5.11 Å². The smallest absolute Gasteiger partial charge is 0.0956 e. The van der Waals surface area contributed by atoms with E-state index in [-0.39, 0.29) is 23.0 Å². The summed E-state index contributed by atoms with van der Waals surface area (Å²) < 4.78 is 0. The lowest BCUT2D eigenvalue weighted by Crippen LogP contribution is -2.45. The van der Waals surface area contributed by atoms with Gasteiger partial charge in [0.2, 0.25) is 0 Å². The van der Waals surface area contributed by atoms with Crippen molar-refractivity contribution in [3.8, 4) is 0 Å². The Labute approximate surface area is 165 Å². The van der Waals surface area contributed by atoms with Gasteiger partial charge in [0.25, 0.3) is 0 Å².